The molecule has 1 aliphatic heterocycles. The van der Waals surface area contributed by atoms with Gasteiger partial charge in [0.25, 0.3) is 0 Å². The van der Waals surface area contributed by atoms with E-state index in [1.807, 2.05) is 0 Å². The first-order valence-corrected chi connectivity index (χ1v) is 7.49. The molecule has 110 valence electrons. The summed E-state index contributed by atoms with van der Waals surface area (Å²) in [7, 11) is 0. The Bertz CT molecular complexity index is 341. The monoisotopic (exact) mass is 268 g/mol. The molecule has 1 amide bonds. The van der Waals surface area contributed by atoms with E-state index in [1.54, 1.807) is 4.90 Å². The van der Waals surface area contributed by atoms with Crippen molar-refractivity contribution in [2.24, 2.45) is 16.6 Å². The Kier molecular flexibility index (Phi) is 3.83. The van der Waals surface area contributed by atoms with E-state index in [0.29, 0.717) is 18.0 Å². The molecule has 0 aromatic heterocycles. The van der Waals surface area contributed by atoms with Crippen LogP contribution in [-0.4, -0.2) is 34.7 Å². The second-order valence-corrected chi connectivity index (χ2v) is 7.65. The molecule has 4 nitrogen and oxygen atoms in total. The summed E-state index contributed by atoms with van der Waals surface area (Å²) in [5.74, 6) is 0. The number of hydrogen-bond acceptors (Lipinski definition) is 2. The van der Waals surface area contributed by atoms with Gasteiger partial charge in [0, 0.05) is 18.6 Å². The predicted octanol–water partition coefficient (Wildman–Crippen LogP) is 3.06. The molecule has 2 fully saturated rings. The molecule has 1 atom stereocenters. The normalized spacial score (nSPS) is 36.5. The largest absolute Gasteiger partial charge is 0.465 e. The third-order valence-electron chi connectivity index (χ3n) is 5.22. The summed E-state index contributed by atoms with van der Waals surface area (Å²) in [5.41, 5.74) is 6.37. The fraction of sp³-hybridized carbons (Fsp3) is 0.933. The van der Waals surface area contributed by atoms with Crippen molar-refractivity contribution in [2.75, 3.05) is 6.54 Å². The molecule has 1 aliphatic carbocycles. The van der Waals surface area contributed by atoms with Crippen LogP contribution in [0.2, 0.25) is 0 Å². The van der Waals surface area contributed by atoms with Gasteiger partial charge < -0.3 is 15.7 Å². The fourth-order valence-electron chi connectivity index (χ4n) is 3.85. The molecule has 2 aliphatic rings. The minimum absolute atomic E-state index is 0.00533. The number of piperidine rings is 1. The zero-order chi connectivity index (χ0) is 14.3. The molecule has 2 rings (SSSR count). The molecule has 0 radical (unpaired) electrons. The van der Waals surface area contributed by atoms with Crippen molar-refractivity contribution < 1.29 is 9.90 Å². The van der Waals surface area contributed by atoms with Gasteiger partial charge in [0.1, 0.15) is 0 Å². The van der Waals surface area contributed by atoms with Crippen molar-refractivity contribution in [1.29, 1.82) is 0 Å². The topological polar surface area (TPSA) is 66.6 Å². The highest BCUT2D eigenvalue weighted by atomic mass is 16.4. The minimum Gasteiger partial charge on any atom is -0.465 e. The van der Waals surface area contributed by atoms with Crippen LogP contribution in [0.4, 0.5) is 4.79 Å². The lowest BCUT2D eigenvalue weighted by atomic mass is 9.62. The predicted molar refractivity (Wildman–Crippen MR) is 76.1 cm³/mol. The maximum atomic E-state index is 11.4. The summed E-state index contributed by atoms with van der Waals surface area (Å²) in [6, 6.07) is 0.490. The highest BCUT2D eigenvalue weighted by Gasteiger charge is 2.46. The molecule has 1 heterocycles. The van der Waals surface area contributed by atoms with Crippen LogP contribution in [0.25, 0.3) is 0 Å². The Hall–Kier alpha value is -0.770. The summed E-state index contributed by atoms with van der Waals surface area (Å²) in [5, 5.41) is 9.41. The molecular formula is C15H28N2O2. The molecule has 1 saturated heterocycles. The van der Waals surface area contributed by atoms with E-state index in [0.717, 1.165) is 25.7 Å². The third-order valence-corrected chi connectivity index (χ3v) is 5.22. The molecule has 3 N–H and O–H groups in total. The van der Waals surface area contributed by atoms with Gasteiger partial charge in [0.15, 0.2) is 0 Å². The van der Waals surface area contributed by atoms with E-state index in [1.165, 1.54) is 12.8 Å². The summed E-state index contributed by atoms with van der Waals surface area (Å²) in [6.45, 7) is 7.15. The van der Waals surface area contributed by atoms with Gasteiger partial charge in [0.05, 0.1) is 0 Å². The first-order valence-electron chi connectivity index (χ1n) is 7.49. The van der Waals surface area contributed by atoms with E-state index < -0.39 is 6.09 Å². The molecule has 19 heavy (non-hydrogen) atoms. The van der Waals surface area contributed by atoms with Gasteiger partial charge in [-0.05, 0) is 49.4 Å². The first kappa shape index (κ1) is 14.6. The minimum atomic E-state index is -0.762. The van der Waals surface area contributed by atoms with Crippen LogP contribution in [0.15, 0.2) is 0 Å². The summed E-state index contributed by atoms with van der Waals surface area (Å²) < 4.78 is 0. The Balaban J connectivity index is 2.15. The van der Waals surface area contributed by atoms with Crippen LogP contribution in [-0.2, 0) is 0 Å². The third kappa shape index (κ3) is 3.04. The summed E-state index contributed by atoms with van der Waals surface area (Å²) in [4.78, 5) is 13.1. The number of rotatable bonds is 0. The standard InChI is InChI=1S/C15H28N2O2/c1-14(2,3)12-10-15(6-4-11(16)5-7-15)8-9-17(12)13(18)19/h11-12H,4-10,16H2,1-3H3,(H,18,19). The summed E-state index contributed by atoms with van der Waals surface area (Å²) >= 11 is 0. The highest BCUT2D eigenvalue weighted by molar-refractivity contribution is 5.65. The second kappa shape index (κ2) is 4.97. The van der Waals surface area contributed by atoms with Gasteiger partial charge in [-0.15, -0.1) is 0 Å². The fourth-order valence-corrected chi connectivity index (χ4v) is 3.85. The maximum absolute atomic E-state index is 11.4. The molecule has 1 spiro atoms. The Morgan fingerprint density at radius 3 is 2.32 bits per heavy atom. The van der Waals surface area contributed by atoms with Crippen LogP contribution in [0.3, 0.4) is 0 Å². The SMILES string of the molecule is CC(C)(C)C1CC2(CCC(N)CC2)CCN1C(=O)O. The van der Waals surface area contributed by atoms with Gasteiger partial charge in [-0.25, -0.2) is 4.79 Å². The number of carbonyl (C=O) groups is 1. The zero-order valence-corrected chi connectivity index (χ0v) is 12.5. The Morgan fingerprint density at radius 2 is 1.84 bits per heavy atom. The van der Waals surface area contributed by atoms with Crippen molar-refractivity contribution in [1.82, 2.24) is 4.90 Å². The van der Waals surface area contributed by atoms with Crippen molar-refractivity contribution in [3.05, 3.63) is 0 Å². The number of carboxylic acid groups (broad SMARTS) is 1. The molecule has 4 heteroatoms. The van der Waals surface area contributed by atoms with Crippen molar-refractivity contribution in [2.45, 2.75) is 71.4 Å². The van der Waals surface area contributed by atoms with E-state index in [9.17, 15) is 9.90 Å². The summed E-state index contributed by atoms with van der Waals surface area (Å²) in [6.07, 6.45) is 5.81. The lowest BCUT2D eigenvalue weighted by molar-refractivity contribution is -0.0143. The number of nitrogens with zero attached hydrogens (tertiary/aromatic N) is 1. The Morgan fingerprint density at radius 1 is 1.26 bits per heavy atom. The number of amides is 1. The highest BCUT2D eigenvalue weighted by Crippen LogP contribution is 2.49. The molecule has 1 saturated carbocycles. The molecule has 0 aromatic carbocycles. The molecule has 0 bridgehead atoms. The van der Waals surface area contributed by atoms with Crippen LogP contribution in [0.1, 0.15) is 59.3 Å². The Labute approximate surface area is 116 Å². The number of likely N-dealkylation sites (tertiary alicyclic amines) is 1. The maximum Gasteiger partial charge on any atom is 0.407 e. The smallest absolute Gasteiger partial charge is 0.407 e. The van der Waals surface area contributed by atoms with Gasteiger partial charge in [-0.3, -0.25) is 0 Å². The first-order chi connectivity index (χ1) is 8.73. The average Bonchev–Trinajstić information content (AvgIpc) is 2.32. The van der Waals surface area contributed by atoms with Crippen molar-refractivity contribution >= 4 is 6.09 Å². The van der Waals surface area contributed by atoms with Crippen LogP contribution >= 0.6 is 0 Å². The molecular weight excluding hydrogens is 240 g/mol. The van der Waals surface area contributed by atoms with Gasteiger partial charge >= 0.3 is 6.09 Å². The zero-order valence-electron chi connectivity index (χ0n) is 12.5. The lowest BCUT2D eigenvalue weighted by Crippen LogP contribution is -2.55. The van der Waals surface area contributed by atoms with Crippen LogP contribution < -0.4 is 5.73 Å². The van der Waals surface area contributed by atoms with Gasteiger partial charge in [-0.1, -0.05) is 20.8 Å². The number of hydrogen-bond donors (Lipinski definition) is 2. The van der Waals surface area contributed by atoms with E-state index in [2.05, 4.69) is 20.8 Å². The molecule has 1 unspecified atom stereocenters. The van der Waals surface area contributed by atoms with Gasteiger partial charge in [-0.2, -0.15) is 0 Å². The van der Waals surface area contributed by atoms with Crippen molar-refractivity contribution in [3.63, 3.8) is 0 Å². The van der Waals surface area contributed by atoms with Crippen LogP contribution in [0, 0.1) is 10.8 Å². The number of nitrogens with two attached hydrogens (primary N) is 1. The van der Waals surface area contributed by atoms with E-state index >= 15 is 0 Å². The second-order valence-electron chi connectivity index (χ2n) is 7.65. The lowest BCUT2D eigenvalue weighted by Gasteiger charge is -2.52. The quantitative estimate of drug-likeness (QED) is 0.709. The van der Waals surface area contributed by atoms with E-state index in [-0.39, 0.29) is 11.5 Å². The molecule has 0 aromatic rings. The van der Waals surface area contributed by atoms with Crippen LogP contribution in [0.5, 0.6) is 0 Å². The average molecular weight is 268 g/mol. The van der Waals surface area contributed by atoms with E-state index in [4.69, 9.17) is 5.73 Å². The van der Waals surface area contributed by atoms with Gasteiger partial charge in [0.2, 0.25) is 0 Å². The van der Waals surface area contributed by atoms with Crippen molar-refractivity contribution in [3.8, 4) is 0 Å².